The normalized spacial score (nSPS) is 11.0. The zero-order valence-electron chi connectivity index (χ0n) is 12.6. The molecule has 22 heavy (non-hydrogen) atoms. The van der Waals surface area contributed by atoms with Crippen molar-refractivity contribution in [1.29, 1.82) is 0 Å². The third-order valence-corrected chi connectivity index (χ3v) is 3.86. The topological polar surface area (TPSA) is 56.4 Å². The van der Waals surface area contributed by atoms with E-state index in [1.807, 2.05) is 37.4 Å². The Kier molecular flexibility index (Phi) is 3.63. The molecule has 1 aromatic carbocycles. The van der Waals surface area contributed by atoms with Gasteiger partial charge < -0.3 is 19.0 Å². The van der Waals surface area contributed by atoms with Gasteiger partial charge in [-0.3, -0.25) is 4.79 Å². The van der Waals surface area contributed by atoms with Crippen molar-refractivity contribution in [2.45, 2.75) is 20.0 Å². The number of methoxy groups -OCH3 is 1. The monoisotopic (exact) mass is 298 g/mol. The van der Waals surface area contributed by atoms with Gasteiger partial charge in [0.15, 0.2) is 0 Å². The summed E-state index contributed by atoms with van der Waals surface area (Å²) in [7, 11) is 1.65. The van der Waals surface area contributed by atoms with Gasteiger partial charge in [0, 0.05) is 41.9 Å². The third kappa shape index (κ3) is 2.57. The molecule has 5 heteroatoms. The fourth-order valence-corrected chi connectivity index (χ4v) is 2.71. The molecule has 0 spiro atoms. The molecule has 0 aliphatic carbocycles. The number of hydrogen-bond donors (Lipinski definition) is 1. The fraction of sp³-hybridized carbons (Fsp3) is 0.235. The Labute approximate surface area is 128 Å². The maximum atomic E-state index is 11.9. The van der Waals surface area contributed by atoms with E-state index in [0.717, 1.165) is 22.3 Å². The van der Waals surface area contributed by atoms with Crippen LogP contribution in [0.15, 0.2) is 47.4 Å². The SMILES string of the molecule is COc1ccc2c(ccn2CCn2c(C)cc(O)cc2=O)c1. The molecule has 0 saturated heterocycles. The molecule has 3 aromatic rings. The quantitative estimate of drug-likeness (QED) is 0.805. The average Bonchev–Trinajstić information content (AvgIpc) is 2.88. The Hall–Kier alpha value is -2.69. The molecule has 0 amide bonds. The average molecular weight is 298 g/mol. The van der Waals surface area contributed by atoms with Gasteiger partial charge in [-0.1, -0.05) is 0 Å². The van der Waals surface area contributed by atoms with Crippen LogP contribution in [0.5, 0.6) is 11.5 Å². The molecule has 0 bridgehead atoms. The maximum absolute atomic E-state index is 11.9. The van der Waals surface area contributed by atoms with Gasteiger partial charge in [-0.2, -0.15) is 0 Å². The number of fused-ring (bicyclic) bond motifs is 1. The summed E-state index contributed by atoms with van der Waals surface area (Å²) in [5.41, 5.74) is 1.67. The predicted octanol–water partition coefficient (Wildman–Crippen LogP) is 2.53. The third-order valence-electron chi connectivity index (χ3n) is 3.86. The molecule has 1 N–H and O–H groups in total. The first-order valence-corrected chi connectivity index (χ1v) is 7.12. The van der Waals surface area contributed by atoms with E-state index < -0.39 is 0 Å². The molecular weight excluding hydrogens is 280 g/mol. The number of aryl methyl sites for hydroxylation is 2. The summed E-state index contributed by atoms with van der Waals surface area (Å²) in [6.45, 7) is 3.06. The van der Waals surface area contributed by atoms with Crippen molar-refractivity contribution < 1.29 is 9.84 Å². The molecule has 5 nitrogen and oxygen atoms in total. The highest BCUT2D eigenvalue weighted by atomic mass is 16.5. The van der Waals surface area contributed by atoms with Crippen LogP contribution in [0, 0.1) is 6.92 Å². The van der Waals surface area contributed by atoms with Gasteiger partial charge in [0.1, 0.15) is 11.5 Å². The van der Waals surface area contributed by atoms with Gasteiger partial charge in [0.25, 0.3) is 5.56 Å². The summed E-state index contributed by atoms with van der Waals surface area (Å²) in [5.74, 6) is 0.841. The van der Waals surface area contributed by atoms with E-state index in [-0.39, 0.29) is 11.3 Å². The molecule has 2 heterocycles. The molecule has 0 atom stereocenters. The van der Waals surface area contributed by atoms with Crippen LogP contribution in [-0.4, -0.2) is 21.4 Å². The largest absolute Gasteiger partial charge is 0.508 e. The predicted molar refractivity (Wildman–Crippen MR) is 85.6 cm³/mol. The number of nitrogens with zero attached hydrogens (tertiary/aromatic N) is 2. The second-order valence-corrected chi connectivity index (χ2v) is 5.28. The van der Waals surface area contributed by atoms with E-state index in [9.17, 15) is 9.90 Å². The molecule has 0 aliphatic rings. The van der Waals surface area contributed by atoms with Crippen molar-refractivity contribution in [3.8, 4) is 11.5 Å². The van der Waals surface area contributed by atoms with Gasteiger partial charge in [0.2, 0.25) is 0 Å². The second kappa shape index (κ2) is 5.60. The van der Waals surface area contributed by atoms with Crippen molar-refractivity contribution in [2.24, 2.45) is 0 Å². The standard InChI is InChI=1S/C17H18N2O3/c1-12-9-14(20)11-17(21)19(12)8-7-18-6-5-13-10-15(22-2)3-4-16(13)18/h3-6,9-11,20H,7-8H2,1-2H3. The Morgan fingerprint density at radius 2 is 1.95 bits per heavy atom. The number of benzene rings is 1. The van der Waals surface area contributed by atoms with E-state index in [1.54, 1.807) is 17.7 Å². The number of pyridine rings is 1. The van der Waals surface area contributed by atoms with Crippen molar-refractivity contribution >= 4 is 10.9 Å². The Morgan fingerprint density at radius 1 is 1.14 bits per heavy atom. The number of aromatic nitrogens is 2. The zero-order valence-corrected chi connectivity index (χ0v) is 12.6. The van der Waals surface area contributed by atoms with Gasteiger partial charge in [-0.05, 0) is 37.3 Å². The lowest BCUT2D eigenvalue weighted by Gasteiger charge is -2.11. The van der Waals surface area contributed by atoms with Crippen molar-refractivity contribution in [3.63, 3.8) is 0 Å². The smallest absolute Gasteiger partial charge is 0.254 e. The summed E-state index contributed by atoms with van der Waals surface area (Å²) in [6.07, 6.45) is 2.00. The molecule has 0 fully saturated rings. The lowest BCUT2D eigenvalue weighted by Crippen LogP contribution is -2.23. The van der Waals surface area contributed by atoms with Crippen LogP contribution in [-0.2, 0) is 13.1 Å². The maximum Gasteiger partial charge on any atom is 0.254 e. The summed E-state index contributed by atoms with van der Waals surface area (Å²) in [5, 5.41) is 10.5. The summed E-state index contributed by atoms with van der Waals surface area (Å²) in [4.78, 5) is 11.9. The minimum Gasteiger partial charge on any atom is -0.508 e. The first-order valence-electron chi connectivity index (χ1n) is 7.12. The van der Waals surface area contributed by atoms with E-state index in [1.165, 1.54) is 6.07 Å². The number of hydrogen-bond acceptors (Lipinski definition) is 3. The van der Waals surface area contributed by atoms with Crippen molar-refractivity contribution in [2.75, 3.05) is 7.11 Å². The number of rotatable bonds is 4. The Morgan fingerprint density at radius 3 is 2.68 bits per heavy atom. The highest BCUT2D eigenvalue weighted by Gasteiger charge is 2.06. The number of aromatic hydroxyl groups is 1. The van der Waals surface area contributed by atoms with Crippen LogP contribution in [0.4, 0.5) is 0 Å². The molecule has 3 rings (SSSR count). The molecular formula is C17H18N2O3. The van der Waals surface area contributed by atoms with Gasteiger partial charge >= 0.3 is 0 Å². The minimum atomic E-state index is -0.185. The fourth-order valence-electron chi connectivity index (χ4n) is 2.71. The molecule has 114 valence electrons. The van der Waals surface area contributed by atoms with Gasteiger partial charge in [0.05, 0.1) is 7.11 Å². The lowest BCUT2D eigenvalue weighted by atomic mass is 10.2. The Bertz CT molecular complexity index is 877. The Balaban J connectivity index is 1.87. The molecule has 0 aliphatic heterocycles. The molecule has 0 unspecified atom stereocenters. The van der Waals surface area contributed by atoms with Gasteiger partial charge in [-0.25, -0.2) is 0 Å². The van der Waals surface area contributed by atoms with Crippen LogP contribution >= 0.6 is 0 Å². The van der Waals surface area contributed by atoms with Crippen LogP contribution in [0.1, 0.15) is 5.69 Å². The first kappa shape index (κ1) is 14.3. The van der Waals surface area contributed by atoms with Crippen molar-refractivity contribution in [3.05, 3.63) is 58.6 Å². The molecule has 0 radical (unpaired) electrons. The second-order valence-electron chi connectivity index (χ2n) is 5.28. The highest BCUT2D eigenvalue weighted by molar-refractivity contribution is 5.81. The summed E-state index contributed by atoms with van der Waals surface area (Å²) in [6, 6.07) is 10.8. The summed E-state index contributed by atoms with van der Waals surface area (Å²) >= 11 is 0. The first-order chi connectivity index (χ1) is 10.6. The van der Waals surface area contributed by atoms with Crippen molar-refractivity contribution in [1.82, 2.24) is 9.13 Å². The molecule has 0 saturated carbocycles. The van der Waals surface area contributed by atoms with Crippen LogP contribution in [0.25, 0.3) is 10.9 Å². The zero-order chi connectivity index (χ0) is 15.7. The van der Waals surface area contributed by atoms with Crippen LogP contribution < -0.4 is 10.3 Å². The summed E-state index contributed by atoms with van der Waals surface area (Å²) < 4.78 is 8.99. The van der Waals surface area contributed by atoms with Crippen LogP contribution in [0.3, 0.4) is 0 Å². The van der Waals surface area contributed by atoms with E-state index in [0.29, 0.717) is 13.1 Å². The van der Waals surface area contributed by atoms with E-state index in [4.69, 9.17) is 4.74 Å². The van der Waals surface area contributed by atoms with Gasteiger partial charge in [-0.15, -0.1) is 0 Å². The minimum absolute atomic E-state index is 0.0114. The van der Waals surface area contributed by atoms with Crippen LogP contribution in [0.2, 0.25) is 0 Å². The van der Waals surface area contributed by atoms with E-state index in [2.05, 4.69) is 4.57 Å². The highest BCUT2D eigenvalue weighted by Crippen LogP contribution is 2.21. The number of ether oxygens (including phenoxy) is 1. The lowest BCUT2D eigenvalue weighted by molar-refractivity contribution is 0.415. The van der Waals surface area contributed by atoms with E-state index >= 15 is 0 Å². The molecule has 2 aromatic heterocycles.